The number of hydrogen-bond donors (Lipinski definition) is 0. The Balaban J connectivity index is 2.55. The largest absolute Gasteiger partial charge is 0.300 e. The number of hydrogen-bond acceptors (Lipinski definition) is 3. The van der Waals surface area contributed by atoms with E-state index in [1.54, 1.807) is 32.0 Å². The zero-order chi connectivity index (χ0) is 13.4. The van der Waals surface area contributed by atoms with Gasteiger partial charge in [0.2, 0.25) is 0 Å². The molecule has 0 fully saturated rings. The molecule has 0 bridgehead atoms. The standard InChI is InChI=1S/C13H12ClNO3/c1-3-10(16)7(2)15-11-8(12(17)13(15)18)5-4-6-9(11)14/h4-7H,3H2,1-2H3. The van der Waals surface area contributed by atoms with E-state index >= 15 is 0 Å². The highest BCUT2D eigenvalue weighted by molar-refractivity contribution is 6.54. The van der Waals surface area contributed by atoms with Crippen LogP contribution in [-0.2, 0) is 9.59 Å². The van der Waals surface area contributed by atoms with Gasteiger partial charge in [0.25, 0.3) is 11.7 Å². The zero-order valence-electron chi connectivity index (χ0n) is 10.1. The minimum atomic E-state index is -0.688. The van der Waals surface area contributed by atoms with E-state index in [9.17, 15) is 14.4 Å². The smallest absolute Gasteiger partial charge is 0.297 e. The lowest BCUT2D eigenvalue weighted by Gasteiger charge is -2.23. The van der Waals surface area contributed by atoms with Crippen molar-refractivity contribution in [3.8, 4) is 0 Å². The lowest BCUT2D eigenvalue weighted by atomic mass is 10.1. The molecule has 0 saturated heterocycles. The number of carbonyl (C=O) groups excluding carboxylic acids is 3. The first-order valence-electron chi connectivity index (χ1n) is 5.68. The highest BCUT2D eigenvalue weighted by Crippen LogP contribution is 2.37. The van der Waals surface area contributed by atoms with E-state index in [0.717, 1.165) is 0 Å². The average molecular weight is 266 g/mol. The summed E-state index contributed by atoms with van der Waals surface area (Å²) < 4.78 is 0. The third kappa shape index (κ3) is 1.73. The summed E-state index contributed by atoms with van der Waals surface area (Å²) >= 11 is 6.03. The Bertz CT molecular complexity index is 553. The van der Waals surface area contributed by atoms with Crippen molar-refractivity contribution in [2.24, 2.45) is 0 Å². The molecular weight excluding hydrogens is 254 g/mol. The maximum Gasteiger partial charge on any atom is 0.300 e. The van der Waals surface area contributed by atoms with Gasteiger partial charge in [0, 0.05) is 6.42 Å². The minimum Gasteiger partial charge on any atom is -0.297 e. The number of halogens is 1. The third-order valence-electron chi connectivity index (χ3n) is 3.09. The van der Waals surface area contributed by atoms with Gasteiger partial charge < -0.3 is 0 Å². The molecule has 1 aliphatic rings. The molecule has 0 spiro atoms. The number of benzene rings is 1. The van der Waals surface area contributed by atoms with Crippen LogP contribution in [0.2, 0.25) is 5.02 Å². The van der Waals surface area contributed by atoms with E-state index in [2.05, 4.69) is 0 Å². The van der Waals surface area contributed by atoms with E-state index in [1.165, 1.54) is 4.90 Å². The molecule has 1 atom stereocenters. The molecule has 0 aliphatic carbocycles. The number of nitrogens with zero attached hydrogens (tertiary/aromatic N) is 1. The van der Waals surface area contributed by atoms with Gasteiger partial charge in [-0.25, -0.2) is 0 Å². The normalized spacial score (nSPS) is 15.8. The van der Waals surface area contributed by atoms with Gasteiger partial charge in [-0.3, -0.25) is 19.3 Å². The number of anilines is 1. The Morgan fingerprint density at radius 3 is 2.67 bits per heavy atom. The third-order valence-corrected chi connectivity index (χ3v) is 3.39. The minimum absolute atomic E-state index is 0.107. The van der Waals surface area contributed by atoms with Gasteiger partial charge in [-0.15, -0.1) is 0 Å². The molecule has 1 amide bonds. The molecule has 4 nitrogen and oxygen atoms in total. The summed E-state index contributed by atoms with van der Waals surface area (Å²) in [5, 5.41) is 0.308. The monoisotopic (exact) mass is 265 g/mol. The summed E-state index contributed by atoms with van der Waals surface area (Å²) in [4.78, 5) is 36.7. The van der Waals surface area contributed by atoms with Gasteiger partial charge in [-0.05, 0) is 19.1 Å². The van der Waals surface area contributed by atoms with Crippen LogP contribution in [0.25, 0.3) is 0 Å². The number of fused-ring (bicyclic) bond motifs is 1. The summed E-state index contributed by atoms with van der Waals surface area (Å²) in [5.41, 5.74) is 0.617. The highest BCUT2D eigenvalue weighted by Gasteiger charge is 2.41. The Hall–Kier alpha value is -1.68. The summed E-state index contributed by atoms with van der Waals surface area (Å²) in [7, 11) is 0. The molecular formula is C13H12ClNO3. The fourth-order valence-electron chi connectivity index (χ4n) is 2.08. The molecule has 1 unspecified atom stereocenters. The van der Waals surface area contributed by atoms with Crippen LogP contribution in [0.5, 0.6) is 0 Å². The van der Waals surface area contributed by atoms with Crippen molar-refractivity contribution >= 4 is 34.8 Å². The van der Waals surface area contributed by atoms with E-state index in [4.69, 9.17) is 11.6 Å². The second-order valence-electron chi connectivity index (χ2n) is 4.14. The predicted octanol–water partition coefficient (Wildman–Crippen LogP) is 2.24. The number of ketones is 2. The van der Waals surface area contributed by atoms with Crippen LogP contribution in [0.1, 0.15) is 30.6 Å². The molecule has 0 radical (unpaired) electrons. The van der Waals surface area contributed by atoms with Crippen molar-refractivity contribution in [1.29, 1.82) is 0 Å². The molecule has 2 rings (SSSR count). The molecule has 0 N–H and O–H groups in total. The maximum absolute atomic E-state index is 11.9. The van der Waals surface area contributed by atoms with Gasteiger partial charge in [-0.2, -0.15) is 0 Å². The average Bonchev–Trinajstić information content (AvgIpc) is 2.62. The summed E-state index contributed by atoms with van der Waals surface area (Å²) in [6, 6.07) is 4.09. The SMILES string of the molecule is CCC(=O)C(C)N1C(=O)C(=O)c2cccc(Cl)c21. The number of para-hydroxylation sites is 1. The van der Waals surface area contributed by atoms with Gasteiger partial charge >= 0.3 is 0 Å². The van der Waals surface area contributed by atoms with Crippen LogP contribution in [0.15, 0.2) is 18.2 Å². The number of rotatable bonds is 3. The van der Waals surface area contributed by atoms with Crippen LogP contribution in [0.3, 0.4) is 0 Å². The molecule has 1 aliphatic heterocycles. The first-order chi connectivity index (χ1) is 8.49. The fraction of sp³-hybridized carbons (Fsp3) is 0.308. The summed E-state index contributed by atoms with van der Waals surface area (Å²) in [6.07, 6.45) is 0.304. The van der Waals surface area contributed by atoms with Crippen molar-refractivity contribution in [1.82, 2.24) is 0 Å². The van der Waals surface area contributed by atoms with Gasteiger partial charge in [0.05, 0.1) is 22.3 Å². The van der Waals surface area contributed by atoms with E-state index < -0.39 is 17.7 Å². The Morgan fingerprint density at radius 1 is 1.39 bits per heavy atom. The number of carbonyl (C=O) groups is 3. The number of amides is 1. The lowest BCUT2D eigenvalue weighted by Crippen LogP contribution is -2.42. The van der Waals surface area contributed by atoms with Crippen molar-refractivity contribution in [3.05, 3.63) is 28.8 Å². The molecule has 18 heavy (non-hydrogen) atoms. The van der Waals surface area contributed by atoms with Crippen molar-refractivity contribution in [2.75, 3.05) is 4.90 Å². The molecule has 1 heterocycles. The number of Topliss-reactive ketones (excluding diaryl/α,β-unsaturated/α-hetero) is 2. The van der Waals surface area contributed by atoms with Gasteiger partial charge in [-0.1, -0.05) is 24.6 Å². The summed E-state index contributed by atoms with van der Waals surface area (Å²) in [5.74, 6) is -1.40. The van der Waals surface area contributed by atoms with Crippen molar-refractivity contribution < 1.29 is 14.4 Å². The van der Waals surface area contributed by atoms with E-state index in [1.807, 2.05) is 0 Å². The Labute approximate surface area is 110 Å². The fourth-order valence-corrected chi connectivity index (χ4v) is 2.34. The van der Waals surface area contributed by atoms with Gasteiger partial charge in [0.1, 0.15) is 0 Å². The first-order valence-corrected chi connectivity index (χ1v) is 6.06. The first kappa shape index (κ1) is 12.8. The second-order valence-corrected chi connectivity index (χ2v) is 4.54. The quantitative estimate of drug-likeness (QED) is 0.788. The van der Waals surface area contributed by atoms with E-state index in [0.29, 0.717) is 17.1 Å². The van der Waals surface area contributed by atoms with Crippen LogP contribution in [0, 0.1) is 0 Å². The van der Waals surface area contributed by atoms with Gasteiger partial charge in [0.15, 0.2) is 5.78 Å². The van der Waals surface area contributed by atoms with Crippen molar-refractivity contribution in [2.45, 2.75) is 26.3 Å². The van der Waals surface area contributed by atoms with Crippen LogP contribution in [0.4, 0.5) is 5.69 Å². The predicted molar refractivity (Wildman–Crippen MR) is 68.0 cm³/mol. The summed E-state index contributed by atoms with van der Waals surface area (Å²) in [6.45, 7) is 3.32. The van der Waals surface area contributed by atoms with E-state index in [-0.39, 0.29) is 11.3 Å². The van der Waals surface area contributed by atoms with Crippen molar-refractivity contribution in [3.63, 3.8) is 0 Å². The highest BCUT2D eigenvalue weighted by atomic mass is 35.5. The Morgan fingerprint density at radius 2 is 2.06 bits per heavy atom. The van der Waals surface area contributed by atoms with Crippen LogP contribution >= 0.6 is 11.6 Å². The Kier molecular flexibility index (Phi) is 3.22. The molecule has 0 aromatic heterocycles. The molecule has 94 valence electrons. The maximum atomic E-state index is 11.9. The molecule has 1 aromatic rings. The van der Waals surface area contributed by atoms with Crippen LogP contribution in [-0.4, -0.2) is 23.5 Å². The zero-order valence-corrected chi connectivity index (χ0v) is 10.8. The molecule has 5 heteroatoms. The lowest BCUT2D eigenvalue weighted by molar-refractivity contribution is -0.122. The molecule has 0 saturated carbocycles. The molecule has 1 aromatic carbocycles. The van der Waals surface area contributed by atoms with Crippen LogP contribution < -0.4 is 4.90 Å². The topological polar surface area (TPSA) is 54.5 Å². The second kappa shape index (κ2) is 4.53.